The molecule has 2 saturated carbocycles. The summed E-state index contributed by atoms with van der Waals surface area (Å²) in [5, 5.41) is 3.18. The molecule has 0 atom stereocenters. The molecule has 1 N–H and O–H groups in total. The van der Waals surface area contributed by atoms with Crippen molar-refractivity contribution in [2.45, 2.75) is 63.3 Å². The number of carbonyl (C=O) groups excluding carboxylic acids is 1. The minimum absolute atomic E-state index is 0.122. The highest BCUT2D eigenvalue weighted by Gasteiger charge is 2.45. The fourth-order valence-corrected chi connectivity index (χ4v) is 3.71. The first-order valence-corrected chi connectivity index (χ1v) is 8.78. The Morgan fingerprint density at radius 1 is 1.30 bits per heavy atom. The number of hydrogen-bond donors (Lipinski definition) is 1. The van der Waals surface area contributed by atoms with Crippen LogP contribution >= 0.6 is 0 Å². The zero-order chi connectivity index (χ0) is 16.3. The molecule has 1 aromatic rings. The van der Waals surface area contributed by atoms with Crippen molar-refractivity contribution in [2.24, 2.45) is 5.92 Å². The van der Waals surface area contributed by atoms with E-state index >= 15 is 0 Å². The molecule has 0 aliphatic heterocycles. The molecule has 0 bridgehead atoms. The molecule has 0 saturated heterocycles. The predicted octanol–water partition coefficient (Wildman–Crippen LogP) is 4.30. The molecule has 2 fully saturated rings. The topological polar surface area (TPSA) is 38.3 Å². The zero-order valence-electron chi connectivity index (χ0n) is 13.9. The van der Waals surface area contributed by atoms with E-state index < -0.39 is 0 Å². The van der Waals surface area contributed by atoms with Gasteiger partial charge in [-0.05, 0) is 42.9 Å². The fourth-order valence-electron chi connectivity index (χ4n) is 3.71. The Bertz CT molecular complexity index is 562. The van der Waals surface area contributed by atoms with Gasteiger partial charge in [0, 0.05) is 6.42 Å². The summed E-state index contributed by atoms with van der Waals surface area (Å²) in [4.78, 5) is 12.3. The normalized spacial score (nSPS) is 20.1. The van der Waals surface area contributed by atoms with E-state index in [2.05, 4.69) is 5.32 Å². The zero-order valence-corrected chi connectivity index (χ0v) is 13.9. The molecule has 2 aliphatic carbocycles. The third-order valence-electron chi connectivity index (χ3n) is 5.34. The van der Waals surface area contributed by atoms with Gasteiger partial charge in [-0.2, -0.15) is 0 Å². The standard InChI is InChI=1S/C19H26FNO2/c1-23-17-13-15(8-9-16(17)20)19(11-12-19)21-18(22)10-7-14-5-3-2-4-6-14/h8-9,13-14H,2-7,10-12H2,1H3,(H,21,22). The molecule has 1 aromatic carbocycles. The maximum absolute atomic E-state index is 13.6. The van der Waals surface area contributed by atoms with Crippen LogP contribution in [0.1, 0.15) is 63.4 Å². The van der Waals surface area contributed by atoms with E-state index in [0.29, 0.717) is 6.42 Å². The van der Waals surface area contributed by atoms with Crippen molar-refractivity contribution in [1.29, 1.82) is 0 Å². The van der Waals surface area contributed by atoms with Crippen LogP contribution in [0.4, 0.5) is 4.39 Å². The molecule has 4 heteroatoms. The number of amides is 1. The van der Waals surface area contributed by atoms with Crippen molar-refractivity contribution in [3.8, 4) is 5.75 Å². The number of rotatable bonds is 6. The van der Waals surface area contributed by atoms with Gasteiger partial charge < -0.3 is 10.1 Å². The number of carbonyl (C=O) groups is 1. The summed E-state index contributed by atoms with van der Waals surface area (Å²) >= 11 is 0. The number of halogens is 1. The van der Waals surface area contributed by atoms with E-state index in [9.17, 15) is 9.18 Å². The second-order valence-corrected chi connectivity index (χ2v) is 7.02. The molecule has 0 heterocycles. The van der Waals surface area contributed by atoms with Crippen LogP contribution in [0, 0.1) is 11.7 Å². The van der Waals surface area contributed by atoms with Crippen LogP contribution in [0.25, 0.3) is 0 Å². The summed E-state index contributed by atoms with van der Waals surface area (Å²) in [7, 11) is 1.46. The van der Waals surface area contributed by atoms with E-state index in [1.165, 1.54) is 45.3 Å². The minimum Gasteiger partial charge on any atom is -0.494 e. The van der Waals surface area contributed by atoms with Crippen molar-refractivity contribution in [2.75, 3.05) is 7.11 Å². The molecule has 0 radical (unpaired) electrons. The van der Waals surface area contributed by atoms with Gasteiger partial charge in [0.15, 0.2) is 11.6 Å². The first kappa shape index (κ1) is 16.3. The maximum Gasteiger partial charge on any atom is 0.220 e. The third kappa shape index (κ3) is 3.85. The highest BCUT2D eigenvalue weighted by Crippen LogP contribution is 2.46. The highest BCUT2D eigenvalue weighted by atomic mass is 19.1. The molecule has 3 nitrogen and oxygen atoms in total. The fraction of sp³-hybridized carbons (Fsp3) is 0.632. The molecule has 0 aromatic heterocycles. The summed E-state index contributed by atoms with van der Waals surface area (Å²) in [6, 6.07) is 4.89. The Morgan fingerprint density at radius 2 is 2.04 bits per heavy atom. The molecule has 126 valence electrons. The van der Waals surface area contributed by atoms with Crippen LogP contribution < -0.4 is 10.1 Å². The summed E-state index contributed by atoms with van der Waals surface area (Å²) in [6.07, 6.45) is 9.93. The Hall–Kier alpha value is -1.58. The lowest BCUT2D eigenvalue weighted by Gasteiger charge is -2.22. The number of benzene rings is 1. The second-order valence-electron chi connectivity index (χ2n) is 7.02. The van der Waals surface area contributed by atoms with Crippen molar-refractivity contribution >= 4 is 5.91 Å². The Kier molecular flexibility index (Phi) is 4.88. The third-order valence-corrected chi connectivity index (χ3v) is 5.34. The van der Waals surface area contributed by atoms with Crippen LogP contribution in [0.2, 0.25) is 0 Å². The van der Waals surface area contributed by atoms with Gasteiger partial charge in [0.2, 0.25) is 5.91 Å². The van der Waals surface area contributed by atoms with Gasteiger partial charge in [0.25, 0.3) is 0 Å². The van der Waals surface area contributed by atoms with Gasteiger partial charge in [-0.25, -0.2) is 4.39 Å². The first-order valence-electron chi connectivity index (χ1n) is 8.78. The largest absolute Gasteiger partial charge is 0.494 e. The second kappa shape index (κ2) is 6.90. The van der Waals surface area contributed by atoms with E-state index in [-0.39, 0.29) is 23.0 Å². The Balaban J connectivity index is 1.57. The number of ether oxygens (including phenoxy) is 1. The molecule has 2 aliphatic rings. The minimum atomic E-state index is -0.365. The van der Waals surface area contributed by atoms with Crippen LogP contribution in [-0.2, 0) is 10.3 Å². The number of methoxy groups -OCH3 is 1. The van der Waals surface area contributed by atoms with Crippen LogP contribution in [-0.4, -0.2) is 13.0 Å². The van der Waals surface area contributed by atoms with Gasteiger partial charge in [0.05, 0.1) is 12.6 Å². The van der Waals surface area contributed by atoms with Gasteiger partial charge in [-0.1, -0.05) is 38.2 Å². The summed E-state index contributed by atoms with van der Waals surface area (Å²) in [5.74, 6) is 0.716. The van der Waals surface area contributed by atoms with Crippen LogP contribution in [0.15, 0.2) is 18.2 Å². The lowest BCUT2D eigenvalue weighted by atomic mass is 9.86. The molecule has 0 unspecified atom stereocenters. The van der Waals surface area contributed by atoms with Crippen LogP contribution in [0.5, 0.6) is 5.75 Å². The SMILES string of the molecule is COc1cc(C2(NC(=O)CCC3CCCCC3)CC2)ccc1F. The lowest BCUT2D eigenvalue weighted by Crippen LogP contribution is -2.35. The van der Waals surface area contributed by atoms with E-state index in [4.69, 9.17) is 4.74 Å². The lowest BCUT2D eigenvalue weighted by molar-refractivity contribution is -0.122. The van der Waals surface area contributed by atoms with Gasteiger partial charge >= 0.3 is 0 Å². The molecular formula is C19H26FNO2. The maximum atomic E-state index is 13.6. The molecule has 3 rings (SSSR count). The monoisotopic (exact) mass is 319 g/mol. The molecule has 23 heavy (non-hydrogen) atoms. The highest BCUT2D eigenvalue weighted by molar-refractivity contribution is 5.77. The van der Waals surface area contributed by atoms with Crippen molar-refractivity contribution in [3.63, 3.8) is 0 Å². The average molecular weight is 319 g/mol. The van der Waals surface area contributed by atoms with E-state index in [1.54, 1.807) is 12.1 Å². The first-order chi connectivity index (χ1) is 11.1. The van der Waals surface area contributed by atoms with Crippen molar-refractivity contribution < 1.29 is 13.9 Å². The Labute approximate surface area is 137 Å². The summed E-state index contributed by atoms with van der Waals surface area (Å²) < 4.78 is 18.6. The number of hydrogen-bond acceptors (Lipinski definition) is 2. The summed E-state index contributed by atoms with van der Waals surface area (Å²) in [6.45, 7) is 0. The van der Waals surface area contributed by atoms with Crippen molar-refractivity contribution in [3.05, 3.63) is 29.6 Å². The van der Waals surface area contributed by atoms with E-state index in [0.717, 1.165) is 30.7 Å². The quantitative estimate of drug-likeness (QED) is 0.849. The van der Waals surface area contributed by atoms with Gasteiger partial charge in [0.1, 0.15) is 0 Å². The van der Waals surface area contributed by atoms with Crippen molar-refractivity contribution in [1.82, 2.24) is 5.32 Å². The predicted molar refractivity (Wildman–Crippen MR) is 87.8 cm³/mol. The Morgan fingerprint density at radius 3 is 2.70 bits per heavy atom. The average Bonchev–Trinajstić information content (AvgIpc) is 3.35. The molecule has 1 amide bonds. The van der Waals surface area contributed by atoms with Gasteiger partial charge in [-0.15, -0.1) is 0 Å². The number of nitrogens with one attached hydrogen (secondary N) is 1. The van der Waals surface area contributed by atoms with Gasteiger partial charge in [-0.3, -0.25) is 4.79 Å². The van der Waals surface area contributed by atoms with Crippen LogP contribution in [0.3, 0.4) is 0 Å². The summed E-state index contributed by atoms with van der Waals surface area (Å²) in [5.41, 5.74) is 0.645. The molecular weight excluding hydrogens is 293 g/mol. The smallest absolute Gasteiger partial charge is 0.220 e. The van der Waals surface area contributed by atoms with E-state index in [1.807, 2.05) is 0 Å². The molecule has 0 spiro atoms.